The van der Waals surface area contributed by atoms with E-state index in [0.717, 1.165) is 12.8 Å². The maximum absolute atomic E-state index is 12.0. The Morgan fingerprint density at radius 2 is 2.06 bits per heavy atom. The number of nitrogens with two attached hydrogens (primary N) is 1. The summed E-state index contributed by atoms with van der Waals surface area (Å²) in [6, 6.07) is -0.176. The van der Waals surface area contributed by atoms with Crippen LogP contribution in [-0.4, -0.2) is 24.9 Å². The third kappa shape index (κ3) is 5.70. The summed E-state index contributed by atoms with van der Waals surface area (Å²) >= 11 is 0. The number of rotatable bonds is 8. The molecule has 0 bridgehead atoms. The summed E-state index contributed by atoms with van der Waals surface area (Å²) in [6.45, 7) is 2.46. The van der Waals surface area contributed by atoms with Gasteiger partial charge in [-0.3, -0.25) is 11.3 Å². The number of alkyl halides is 3. The summed E-state index contributed by atoms with van der Waals surface area (Å²) in [4.78, 5) is 0. The smallest absolute Gasteiger partial charge is 0.377 e. The van der Waals surface area contributed by atoms with E-state index in [1.165, 1.54) is 0 Å². The summed E-state index contributed by atoms with van der Waals surface area (Å²) in [5, 5.41) is 0. The van der Waals surface area contributed by atoms with E-state index in [-0.39, 0.29) is 18.6 Å². The van der Waals surface area contributed by atoms with E-state index in [0.29, 0.717) is 18.9 Å². The highest BCUT2D eigenvalue weighted by molar-refractivity contribution is 4.89. The first-order valence-electron chi connectivity index (χ1n) is 6.12. The fourth-order valence-electron chi connectivity index (χ4n) is 2.06. The van der Waals surface area contributed by atoms with Crippen molar-refractivity contribution in [2.24, 2.45) is 11.8 Å². The van der Waals surface area contributed by atoms with Gasteiger partial charge >= 0.3 is 6.18 Å². The SMILES string of the molecule is CCOC(C1CC1)C(CCCC(F)(F)F)NN. The molecule has 6 heteroatoms. The first-order chi connectivity index (χ1) is 7.98. The van der Waals surface area contributed by atoms with Gasteiger partial charge < -0.3 is 4.74 Å². The molecule has 0 spiro atoms. The summed E-state index contributed by atoms with van der Waals surface area (Å²) in [5.41, 5.74) is 2.60. The molecule has 1 saturated carbocycles. The van der Waals surface area contributed by atoms with Gasteiger partial charge in [0.2, 0.25) is 0 Å². The predicted molar refractivity (Wildman–Crippen MR) is 59.2 cm³/mol. The number of hydrogen-bond donors (Lipinski definition) is 2. The Morgan fingerprint density at radius 1 is 1.41 bits per heavy atom. The Kier molecular flexibility index (Phi) is 5.69. The molecular weight excluding hydrogens is 233 g/mol. The van der Waals surface area contributed by atoms with E-state index in [4.69, 9.17) is 10.6 Å². The van der Waals surface area contributed by atoms with Crippen LogP contribution in [0.5, 0.6) is 0 Å². The second-order valence-corrected chi connectivity index (χ2v) is 4.54. The van der Waals surface area contributed by atoms with Gasteiger partial charge in [0.15, 0.2) is 0 Å². The second-order valence-electron chi connectivity index (χ2n) is 4.54. The Hall–Kier alpha value is -0.330. The molecule has 2 unspecified atom stereocenters. The Bertz CT molecular complexity index is 219. The van der Waals surface area contributed by atoms with Crippen molar-refractivity contribution in [3.8, 4) is 0 Å². The van der Waals surface area contributed by atoms with Crippen molar-refractivity contribution in [3.05, 3.63) is 0 Å². The van der Waals surface area contributed by atoms with Crippen molar-refractivity contribution in [2.75, 3.05) is 6.61 Å². The molecule has 0 radical (unpaired) electrons. The van der Waals surface area contributed by atoms with E-state index >= 15 is 0 Å². The molecule has 2 atom stereocenters. The van der Waals surface area contributed by atoms with Crippen LogP contribution in [0.1, 0.15) is 39.0 Å². The van der Waals surface area contributed by atoms with E-state index in [1.54, 1.807) is 0 Å². The van der Waals surface area contributed by atoms with Gasteiger partial charge in [-0.2, -0.15) is 13.2 Å². The molecule has 0 amide bonds. The maximum atomic E-state index is 12.0. The maximum Gasteiger partial charge on any atom is 0.389 e. The molecule has 0 heterocycles. The van der Waals surface area contributed by atoms with Gasteiger partial charge in [0.05, 0.1) is 6.10 Å². The number of ether oxygens (including phenoxy) is 1. The van der Waals surface area contributed by atoms with Crippen molar-refractivity contribution in [1.82, 2.24) is 5.43 Å². The minimum Gasteiger partial charge on any atom is -0.377 e. The zero-order valence-electron chi connectivity index (χ0n) is 10.1. The van der Waals surface area contributed by atoms with E-state index in [2.05, 4.69) is 5.43 Å². The molecule has 1 fully saturated rings. The highest BCUT2D eigenvalue weighted by atomic mass is 19.4. The van der Waals surface area contributed by atoms with E-state index in [1.807, 2.05) is 6.92 Å². The van der Waals surface area contributed by atoms with Crippen LogP contribution < -0.4 is 11.3 Å². The highest BCUT2D eigenvalue weighted by Gasteiger charge is 2.37. The van der Waals surface area contributed by atoms with Crippen molar-refractivity contribution in [3.63, 3.8) is 0 Å². The van der Waals surface area contributed by atoms with Gasteiger partial charge in [-0.1, -0.05) is 0 Å². The van der Waals surface area contributed by atoms with Crippen LogP contribution >= 0.6 is 0 Å². The van der Waals surface area contributed by atoms with Crippen LogP contribution in [0.2, 0.25) is 0 Å². The van der Waals surface area contributed by atoms with Gasteiger partial charge in [-0.25, -0.2) is 0 Å². The average Bonchev–Trinajstić information content (AvgIpc) is 3.04. The third-order valence-corrected chi connectivity index (χ3v) is 3.03. The second kappa shape index (κ2) is 6.56. The Balaban J connectivity index is 2.34. The summed E-state index contributed by atoms with van der Waals surface area (Å²) in [7, 11) is 0. The number of halogens is 3. The third-order valence-electron chi connectivity index (χ3n) is 3.03. The molecule has 1 aliphatic carbocycles. The molecule has 3 nitrogen and oxygen atoms in total. The fourth-order valence-corrected chi connectivity index (χ4v) is 2.06. The van der Waals surface area contributed by atoms with E-state index < -0.39 is 12.6 Å². The predicted octanol–water partition coefficient (Wildman–Crippen LogP) is 2.37. The lowest BCUT2D eigenvalue weighted by Crippen LogP contribution is -2.46. The number of hydrogen-bond acceptors (Lipinski definition) is 3. The Labute approximate surface area is 99.9 Å². The lowest BCUT2D eigenvalue weighted by Gasteiger charge is -2.26. The topological polar surface area (TPSA) is 47.3 Å². The van der Waals surface area contributed by atoms with Crippen LogP contribution in [-0.2, 0) is 4.74 Å². The van der Waals surface area contributed by atoms with Crippen molar-refractivity contribution < 1.29 is 17.9 Å². The molecular formula is C11H21F3N2O. The van der Waals surface area contributed by atoms with Crippen molar-refractivity contribution in [2.45, 2.75) is 57.3 Å². The molecule has 1 rings (SSSR count). The molecule has 0 aromatic rings. The highest BCUT2D eigenvalue weighted by Crippen LogP contribution is 2.37. The lowest BCUT2D eigenvalue weighted by atomic mass is 10.0. The van der Waals surface area contributed by atoms with Crippen LogP contribution in [0.3, 0.4) is 0 Å². The minimum atomic E-state index is -4.08. The quantitative estimate of drug-likeness (QED) is 0.516. The fraction of sp³-hybridized carbons (Fsp3) is 1.00. The molecule has 0 aromatic carbocycles. The first kappa shape index (κ1) is 14.7. The number of hydrazine groups is 1. The average molecular weight is 254 g/mol. The standard InChI is InChI=1S/C11H21F3N2O/c1-2-17-10(8-5-6-8)9(16-15)4-3-7-11(12,13)14/h8-10,16H,2-7,15H2,1H3. The summed E-state index contributed by atoms with van der Waals surface area (Å²) in [5.74, 6) is 5.87. The lowest BCUT2D eigenvalue weighted by molar-refractivity contribution is -0.136. The van der Waals surface area contributed by atoms with Crippen LogP contribution in [0.25, 0.3) is 0 Å². The van der Waals surface area contributed by atoms with Gasteiger partial charge in [0.25, 0.3) is 0 Å². The number of nitrogens with one attached hydrogen (secondary N) is 1. The summed E-state index contributed by atoms with van der Waals surface area (Å²) < 4.78 is 41.7. The van der Waals surface area contributed by atoms with E-state index in [9.17, 15) is 13.2 Å². The molecule has 0 aromatic heterocycles. The van der Waals surface area contributed by atoms with Gasteiger partial charge in [0.1, 0.15) is 0 Å². The molecule has 0 saturated heterocycles. The first-order valence-corrected chi connectivity index (χ1v) is 6.12. The largest absolute Gasteiger partial charge is 0.389 e. The van der Waals surface area contributed by atoms with Crippen LogP contribution in [0.4, 0.5) is 13.2 Å². The molecule has 0 aliphatic heterocycles. The van der Waals surface area contributed by atoms with Gasteiger partial charge in [-0.05, 0) is 38.5 Å². The van der Waals surface area contributed by atoms with Crippen molar-refractivity contribution in [1.29, 1.82) is 0 Å². The van der Waals surface area contributed by atoms with Gasteiger partial charge in [0, 0.05) is 19.1 Å². The monoisotopic (exact) mass is 254 g/mol. The van der Waals surface area contributed by atoms with Gasteiger partial charge in [-0.15, -0.1) is 0 Å². The molecule has 1 aliphatic rings. The molecule has 3 N–H and O–H groups in total. The Morgan fingerprint density at radius 3 is 2.47 bits per heavy atom. The molecule has 17 heavy (non-hydrogen) atoms. The zero-order valence-corrected chi connectivity index (χ0v) is 10.1. The molecule has 102 valence electrons. The normalized spacial score (nSPS) is 20.3. The zero-order chi connectivity index (χ0) is 12.9. The van der Waals surface area contributed by atoms with Crippen LogP contribution in [0.15, 0.2) is 0 Å². The van der Waals surface area contributed by atoms with Crippen LogP contribution in [0, 0.1) is 5.92 Å². The summed E-state index contributed by atoms with van der Waals surface area (Å²) in [6.07, 6.45) is -2.22. The van der Waals surface area contributed by atoms with Crippen molar-refractivity contribution >= 4 is 0 Å². The minimum absolute atomic E-state index is 0.0433.